The molecule has 3 N–H and O–H groups in total. The SMILES string of the molecule is CCC(Sc1nc(-c2ccc(C)cc2)c(-c2ccc(C)cc2)[nH]1)C(=O)Nc1ccc(S(=O)(=O)Nc2ccccn2)cc1. The Balaban J connectivity index is 1.32. The summed E-state index contributed by atoms with van der Waals surface area (Å²) in [6.45, 7) is 6.04. The largest absolute Gasteiger partial charge is 0.332 e. The Labute approximate surface area is 250 Å². The zero-order valence-electron chi connectivity index (χ0n) is 23.5. The third-order valence-electron chi connectivity index (χ3n) is 6.60. The van der Waals surface area contributed by atoms with Crippen molar-refractivity contribution in [2.75, 3.05) is 10.0 Å². The van der Waals surface area contributed by atoms with Crippen LogP contribution in [0.2, 0.25) is 0 Å². The number of pyridine rings is 1. The summed E-state index contributed by atoms with van der Waals surface area (Å²) in [5.41, 5.74) is 6.56. The van der Waals surface area contributed by atoms with Gasteiger partial charge in [-0.3, -0.25) is 9.52 Å². The van der Waals surface area contributed by atoms with E-state index in [0.29, 0.717) is 17.3 Å². The van der Waals surface area contributed by atoms with Crippen molar-refractivity contribution in [1.82, 2.24) is 15.0 Å². The number of H-pyrrole nitrogens is 1. The van der Waals surface area contributed by atoms with Crippen LogP contribution < -0.4 is 10.0 Å². The van der Waals surface area contributed by atoms with Crippen LogP contribution in [0.15, 0.2) is 107 Å². The smallest absolute Gasteiger partial charge is 0.263 e. The summed E-state index contributed by atoms with van der Waals surface area (Å²) in [5.74, 6) is 0.0292. The average Bonchev–Trinajstić information content (AvgIpc) is 3.41. The molecule has 0 spiro atoms. The maximum Gasteiger partial charge on any atom is 0.263 e. The number of aromatic amines is 1. The minimum Gasteiger partial charge on any atom is -0.332 e. The first kappa shape index (κ1) is 29.1. The fourth-order valence-electron chi connectivity index (χ4n) is 4.27. The Morgan fingerprint density at radius 2 is 1.52 bits per heavy atom. The van der Waals surface area contributed by atoms with E-state index in [2.05, 4.69) is 75.5 Å². The van der Waals surface area contributed by atoms with E-state index in [1.165, 1.54) is 41.2 Å². The number of carbonyl (C=O) groups excluding carboxylic acids is 1. The number of sulfonamides is 1. The van der Waals surface area contributed by atoms with Crippen molar-refractivity contribution >= 4 is 39.2 Å². The number of aryl methyl sites for hydroxylation is 2. The van der Waals surface area contributed by atoms with Crippen LogP contribution >= 0.6 is 11.8 Å². The summed E-state index contributed by atoms with van der Waals surface area (Å²) in [6.07, 6.45) is 2.07. The van der Waals surface area contributed by atoms with Crippen LogP contribution in [0.4, 0.5) is 11.5 Å². The lowest BCUT2D eigenvalue weighted by Crippen LogP contribution is -2.24. The van der Waals surface area contributed by atoms with E-state index in [9.17, 15) is 13.2 Å². The molecule has 42 heavy (non-hydrogen) atoms. The molecule has 0 aliphatic heterocycles. The van der Waals surface area contributed by atoms with Crippen molar-refractivity contribution in [1.29, 1.82) is 0 Å². The second-order valence-corrected chi connectivity index (χ2v) is 12.7. The molecule has 5 rings (SSSR count). The number of carbonyl (C=O) groups is 1. The fraction of sp³-hybridized carbons (Fsp3) is 0.156. The number of rotatable bonds is 10. The van der Waals surface area contributed by atoms with Gasteiger partial charge in [-0.15, -0.1) is 0 Å². The van der Waals surface area contributed by atoms with Crippen molar-refractivity contribution in [3.05, 3.63) is 108 Å². The van der Waals surface area contributed by atoms with Gasteiger partial charge in [0.2, 0.25) is 5.91 Å². The maximum absolute atomic E-state index is 13.3. The number of anilines is 2. The van der Waals surface area contributed by atoms with Gasteiger partial charge in [0.1, 0.15) is 5.82 Å². The molecule has 1 amide bonds. The van der Waals surface area contributed by atoms with E-state index < -0.39 is 15.3 Å². The highest BCUT2D eigenvalue weighted by Gasteiger charge is 2.23. The Kier molecular flexibility index (Phi) is 8.75. The van der Waals surface area contributed by atoms with E-state index in [1.807, 2.05) is 13.8 Å². The Bertz CT molecular complexity index is 1710. The highest BCUT2D eigenvalue weighted by Crippen LogP contribution is 2.35. The minimum atomic E-state index is -3.81. The van der Waals surface area contributed by atoms with Crippen molar-refractivity contribution < 1.29 is 13.2 Å². The van der Waals surface area contributed by atoms with Crippen LogP contribution in [0, 0.1) is 13.8 Å². The van der Waals surface area contributed by atoms with Crippen LogP contribution in [0.25, 0.3) is 22.5 Å². The number of hydrogen-bond donors (Lipinski definition) is 3. The Morgan fingerprint density at radius 1 is 0.881 bits per heavy atom. The first-order chi connectivity index (χ1) is 20.2. The van der Waals surface area contributed by atoms with E-state index in [0.717, 1.165) is 22.5 Å². The minimum absolute atomic E-state index is 0.0652. The normalized spacial score (nSPS) is 12.1. The molecule has 10 heteroatoms. The lowest BCUT2D eigenvalue weighted by Gasteiger charge is -2.14. The van der Waals surface area contributed by atoms with Crippen LogP contribution in [0.1, 0.15) is 24.5 Å². The molecule has 1 unspecified atom stereocenters. The summed E-state index contributed by atoms with van der Waals surface area (Å²) in [7, 11) is -3.81. The molecule has 0 radical (unpaired) electrons. The molecule has 2 aromatic heterocycles. The van der Waals surface area contributed by atoms with Crippen molar-refractivity contribution in [3.8, 4) is 22.5 Å². The van der Waals surface area contributed by atoms with Gasteiger partial charge in [-0.25, -0.2) is 18.4 Å². The molecule has 1 atom stereocenters. The maximum atomic E-state index is 13.3. The summed E-state index contributed by atoms with van der Waals surface area (Å²) < 4.78 is 27.9. The van der Waals surface area contributed by atoms with Crippen molar-refractivity contribution in [2.45, 2.75) is 42.5 Å². The Hall–Kier alpha value is -4.41. The molecule has 214 valence electrons. The molecule has 0 fully saturated rings. The molecule has 8 nitrogen and oxygen atoms in total. The second-order valence-electron chi connectivity index (χ2n) is 9.85. The third-order valence-corrected chi connectivity index (χ3v) is 9.22. The molecular weight excluding hydrogens is 567 g/mol. The predicted molar refractivity (Wildman–Crippen MR) is 169 cm³/mol. The monoisotopic (exact) mass is 597 g/mol. The lowest BCUT2D eigenvalue weighted by atomic mass is 10.0. The van der Waals surface area contributed by atoms with Gasteiger partial charge < -0.3 is 10.3 Å². The van der Waals surface area contributed by atoms with Crippen LogP contribution in [0.5, 0.6) is 0 Å². The van der Waals surface area contributed by atoms with Crippen LogP contribution in [-0.2, 0) is 14.8 Å². The van der Waals surface area contributed by atoms with E-state index >= 15 is 0 Å². The quantitative estimate of drug-likeness (QED) is 0.148. The molecule has 0 aliphatic carbocycles. The van der Waals surface area contributed by atoms with Crippen molar-refractivity contribution in [2.24, 2.45) is 0 Å². The zero-order chi connectivity index (χ0) is 29.7. The van der Waals surface area contributed by atoms with Crippen LogP contribution in [0.3, 0.4) is 0 Å². The van der Waals surface area contributed by atoms with E-state index in [-0.39, 0.29) is 16.6 Å². The number of hydrogen-bond acceptors (Lipinski definition) is 6. The standard InChI is InChI=1S/C32H31N5O3S2/c1-4-27(31(38)34-25-16-18-26(19-17-25)42(39,40)37-28-7-5-6-20-33-28)41-32-35-29(23-12-8-21(2)9-13-23)30(36-32)24-14-10-22(3)11-15-24/h5-20,27H,4H2,1-3H3,(H,33,37)(H,34,38)(H,35,36). The molecule has 3 aromatic carbocycles. The number of amides is 1. The van der Waals surface area contributed by atoms with Gasteiger partial charge in [-0.05, 0) is 56.7 Å². The molecule has 0 aliphatic rings. The van der Waals surface area contributed by atoms with Gasteiger partial charge in [0.05, 0.1) is 21.5 Å². The molecule has 0 saturated carbocycles. The molecule has 2 heterocycles. The summed E-state index contributed by atoms with van der Waals surface area (Å²) >= 11 is 1.36. The van der Waals surface area contributed by atoms with Crippen LogP contribution in [-0.4, -0.2) is 34.5 Å². The predicted octanol–water partition coefficient (Wildman–Crippen LogP) is 7.07. The first-order valence-electron chi connectivity index (χ1n) is 13.5. The summed E-state index contributed by atoms with van der Waals surface area (Å²) in [4.78, 5) is 25.7. The lowest BCUT2D eigenvalue weighted by molar-refractivity contribution is -0.115. The van der Waals surface area contributed by atoms with Gasteiger partial charge in [0.25, 0.3) is 10.0 Å². The van der Waals surface area contributed by atoms with E-state index in [4.69, 9.17) is 4.98 Å². The number of nitrogens with zero attached hydrogens (tertiary/aromatic N) is 2. The molecule has 0 saturated heterocycles. The number of nitrogens with one attached hydrogen (secondary N) is 3. The van der Waals surface area contributed by atoms with Crippen molar-refractivity contribution in [3.63, 3.8) is 0 Å². The van der Waals surface area contributed by atoms with Gasteiger partial charge in [-0.1, -0.05) is 84.4 Å². The zero-order valence-corrected chi connectivity index (χ0v) is 25.1. The fourth-order valence-corrected chi connectivity index (χ4v) is 6.19. The summed E-state index contributed by atoms with van der Waals surface area (Å²) in [6, 6.07) is 27.5. The van der Waals surface area contributed by atoms with Gasteiger partial charge in [0.15, 0.2) is 5.16 Å². The van der Waals surface area contributed by atoms with Gasteiger partial charge in [-0.2, -0.15) is 0 Å². The third kappa shape index (κ3) is 6.89. The number of aromatic nitrogens is 3. The highest BCUT2D eigenvalue weighted by molar-refractivity contribution is 8.00. The molecule has 5 aromatic rings. The Morgan fingerprint density at radius 3 is 2.12 bits per heavy atom. The number of thioether (sulfide) groups is 1. The highest BCUT2D eigenvalue weighted by atomic mass is 32.2. The first-order valence-corrected chi connectivity index (χ1v) is 15.8. The van der Waals surface area contributed by atoms with E-state index in [1.54, 1.807) is 30.3 Å². The number of imidazole rings is 1. The topological polar surface area (TPSA) is 117 Å². The summed E-state index contributed by atoms with van der Waals surface area (Å²) in [5, 5.41) is 3.12. The van der Waals surface area contributed by atoms with Gasteiger partial charge in [0, 0.05) is 23.0 Å². The number of benzene rings is 3. The van der Waals surface area contributed by atoms with Gasteiger partial charge >= 0.3 is 0 Å². The average molecular weight is 598 g/mol. The molecular formula is C32H31N5O3S2. The molecule has 0 bridgehead atoms. The second kappa shape index (κ2) is 12.6.